The van der Waals surface area contributed by atoms with Crippen molar-refractivity contribution in [3.05, 3.63) is 59.7 Å². The highest BCUT2D eigenvalue weighted by atomic mass is 16.5. The molecule has 4 rings (SSSR count). The average Bonchev–Trinajstić information content (AvgIpc) is 3.62. The van der Waals surface area contributed by atoms with Crippen LogP contribution in [0.25, 0.3) is 0 Å². The van der Waals surface area contributed by atoms with E-state index in [1.807, 2.05) is 41.3 Å². The van der Waals surface area contributed by atoms with Gasteiger partial charge >= 0.3 is 0 Å². The highest BCUT2D eigenvalue weighted by Gasteiger charge is 2.25. The van der Waals surface area contributed by atoms with Gasteiger partial charge in [-0.25, -0.2) is 0 Å². The van der Waals surface area contributed by atoms with Crippen LogP contribution in [0.15, 0.2) is 48.5 Å². The molecule has 0 spiro atoms. The standard InChI is InChI=1S/C24H28N2O4/c1-29-21-10-6-19(7-11-21)24(28)26-14-2-3-17(15-26)16-30-22-12-4-18(5-13-22)23(27)25-20-8-9-20/h4-7,10-13,17,20H,2-3,8-9,14-16H2,1H3,(H,25,27). The molecule has 1 saturated carbocycles. The monoisotopic (exact) mass is 408 g/mol. The molecule has 30 heavy (non-hydrogen) atoms. The maximum atomic E-state index is 12.8. The Morgan fingerprint density at radius 2 is 1.63 bits per heavy atom. The molecule has 1 saturated heterocycles. The number of likely N-dealkylation sites (tertiary alicyclic amines) is 1. The van der Waals surface area contributed by atoms with E-state index in [2.05, 4.69) is 5.32 Å². The van der Waals surface area contributed by atoms with Gasteiger partial charge in [-0.3, -0.25) is 9.59 Å². The van der Waals surface area contributed by atoms with Crippen LogP contribution in [0.4, 0.5) is 0 Å². The van der Waals surface area contributed by atoms with Gasteiger partial charge in [0, 0.05) is 36.2 Å². The van der Waals surface area contributed by atoms with Crippen LogP contribution >= 0.6 is 0 Å². The predicted octanol–water partition coefficient (Wildman–Crippen LogP) is 3.52. The summed E-state index contributed by atoms with van der Waals surface area (Å²) in [5, 5.41) is 2.98. The van der Waals surface area contributed by atoms with Crippen molar-refractivity contribution >= 4 is 11.8 Å². The van der Waals surface area contributed by atoms with E-state index in [-0.39, 0.29) is 11.8 Å². The van der Waals surface area contributed by atoms with Gasteiger partial charge in [0.1, 0.15) is 11.5 Å². The maximum Gasteiger partial charge on any atom is 0.253 e. The van der Waals surface area contributed by atoms with E-state index in [1.54, 1.807) is 19.2 Å². The zero-order valence-corrected chi connectivity index (χ0v) is 17.3. The first-order valence-electron chi connectivity index (χ1n) is 10.6. The SMILES string of the molecule is COc1ccc(C(=O)N2CCCC(COc3ccc(C(=O)NC4CC4)cc3)C2)cc1. The second-order valence-electron chi connectivity index (χ2n) is 8.07. The Morgan fingerprint density at radius 1 is 0.967 bits per heavy atom. The van der Waals surface area contributed by atoms with Crippen molar-refractivity contribution in [1.82, 2.24) is 10.2 Å². The second kappa shape index (κ2) is 9.20. The Labute approximate surface area is 177 Å². The van der Waals surface area contributed by atoms with Crippen molar-refractivity contribution < 1.29 is 19.1 Å². The number of ether oxygens (including phenoxy) is 2. The third kappa shape index (κ3) is 5.12. The predicted molar refractivity (Wildman–Crippen MR) is 114 cm³/mol. The first kappa shape index (κ1) is 20.3. The number of methoxy groups -OCH3 is 1. The van der Waals surface area contributed by atoms with Crippen LogP contribution in [0.2, 0.25) is 0 Å². The molecule has 1 N–H and O–H groups in total. The van der Waals surface area contributed by atoms with Gasteiger partial charge in [-0.15, -0.1) is 0 Å². The Bertz CT molecular complexity index is 875. The average molecular weight is 408 g/mol. The number of nitrogens with zero attached hydrogens (tertiary/aromatic N) is 1. The van der Waals surface area contributed by atoms with Crippen LogP contribution in [0.1, 0.15) is 46.4 Å². The number of piperidine rings is 1. The largest absolute Gasteiger partial charge is 0.497 e. The van der Waals surface area contributed by atoms with Crippen LogP contribution in [0, 0.1) is 5.92 Å². The van der Waals surface area contributed by atoms with Crippen LogP contribution < -0.4 is 14.8 Å². The Hall–Kier alpha value is -3.02. The highest BCUT2D eigenvalue weighted by Crippen LogP contribution is 2.22. The fourth-order valence-corrected chi connectivity index (χ4v) is 3.71. The van der Waals surface area contributed by atoms with Gasteiger partial charge in [-0.05, 0) is 74.2 Å². The van der Waals surface area contributed by atoms with E-state index in [1.165, 1.54) is 0 Å². The second-order valence-corrected chi connectivity index (χ2v) is 8.07. The molecule has 0 aromatic heterocycles. The van der Waals surface area contributed by atoms with Gasteiger partial charge in [0.2, 0.25) is 0 Å². The summed E-state index contributed by atoms with van der Waals surface area (Å²) in [7, 11) is 1.61. The highest BCUT2D eigenvalue weighted by molar-refractivity contribution is 5.95. The van der Waals surface area contributed by atoms with Crippen LogP contribution in [0.3, 0.4) is 0 Å². The number of hydrogen-bond donors (Lipinski definition) is 1. The summed E-state index contributed by atoms with van der Waals surface area (Å²) in [6, 6.07) is 14.9. The van der Waals surface area contributed by atoms with E-state index in [4.69, 9.17) is 9.47 Å². The molecule has 1 aliphatic heterocycles. The zero-order valence-electron chi connectivity index (χ0n) is 17.3. The number of carbonyl (C=O) groups excluding carboxylic acids is 2. The lowest BCUT2D eigenvalue weighted by atomic mass is 9.98. The molecule has 2 aromatic carbocycles. The first-order chi connectivity index (χ1) is 14.6. The van der Waals surface area contributed by atoms with Crippen molar-refractivity contribution in [3.8, 4) is 11.5 Å². The third-order valence-electron chi connectivity index (χ3n) is 5.66. The third-order valence-corrected chi connectivity index (χ3v) is 5.66. The fraction of sp³-hybridized carbons (Fsp3) is 0.417. The lowest BCUT2D eigenvalue weighted by Gasteiger charge is -2.32. The van der Waals surface area contributed by atoms with E-state index in [0.29, 0.717) is 36.2 Å². The van der Waals surface area contributed by atoms with Gasteiger partial charge in [0.25, 0.3) is 11.8 Å². The van der Waals surface area contributed by atoms with Crippen molar-refractivity contribution in [1.29, 1.82) is 0 Å². The fourth-order valence-electron chi connectivity index (χ4n) is 3.71. The van der Waals surface area contributed by atoms with Gasteiger partial charge < -0.3 is 19.7 Å². The van der Waals surface area contributed by atoms with Gasteiger partial charge in [0.15, 0.2) is 0 Å². The number of rotatable bonds is 7. The topological polar surface area (TPSA) is 67.9 Å². The minimum atomic E-state index is -0.0241. The molecule has 1 aliphatic carbocycles. The maximum absolute atomic E-state index is 12.8. The number of nitrogens with one attached hydrogen (secondary N) is 1. The summed E-state index contributed by atoms with van der Waals surface area (Å²) in [6.07, 6.45) is 4.16. The molecular formula is C24H28N2O4. The summed E-state index contributed by atoms with van der Waals surface area (Å²) in [6.45, 7) is 2.01. The van der Waals surface area contributed by atoms with Crippen molar-refractivity contribution in [2.24, 2.45) is 5.92 Å². The smallest absolute Gasteiger partial charge is 0.253 e. The van der Waals surface area contributed by atoms with E-state index in [9.17, 15) is 9.59 Å². The Kier molecular flexibility index (Phi) is 6.21. The molecule has 0 bridgehead atoms. The van der Waals surface area contributed by atoms with Crippen molar-refractivity contribution in [2.45, 2.75) is 31.7 Å². The van der Waals surface area contributed by atoms with Crippen molar-refractivity contribution in [2.75, 3.05) is 26.8 Å². The molecule has 1 atom stereocenters. The molecule has 2 aliphatic rings. The molecule has 2 amide bonds. The van der Waals surface area contributed by atoms with Crippen LogP contribution in [-0.2, 0) is 0 Å². The van der Waals surface area contributed by atoms with Gasteiger partial charge in [-0.1, -0.05) is 0 Å². The van der Waals surface area contributed by atoms with E-state index < -0.39 is 0 Å². The molecule has 1 unspecified atom stereocenters. The molecule has 1 heterocycles. The Morgan fingerprint density at radius 3 is 2.30 bits per heavy atom. The summed E-state index contributed by atoms with van der Waals surface area (Å²) in [5.41, 5.74) is 1.33. The van der Waals surface area contributed by atoms with E-state index >= 15 is 0 Å². The molecule has 0 radical (unpaired) electrons. The molecular weight excluding hydrogens is 380 g/mol. The quantitative estimate of drug-likeness (QED) is 0.761. The Balaban J connectivity index is 1.28. The molecule has 6 heteroatoms. The lowest BCUT2D eigenvalue weighted by molar-refractivity contribution is 0.0633. The molecule has 158 valence electrons. The number of carbonyl (C=O) groups is 2. The summed E-state index contributed by atoms with van der Waals surface area (Å²) in [4.78, 5) is 26.8. The molecule has 2 fully saturated rings. The number of amides is 2. The first-order valence-corrected chi connectivity index (χ1v) is 10.6. The normalized spacial score (nSPS) is 18.6. The lowest BCUT2D eigenvalue weighted by Crippen LogP contribution is -2.41. The zero-order chi connectivity index (χ0) is 20.9. The number of hydrogen-bond acceptors (Lipinski definition) is 4. The van der Waals surface area contributed by atoms with Crippen LogP contribution in [-0.4, -0.2) is 49.6 Å². The summed E-state index contributed by atoms with van der Waals surface area (Å²) in [5.74, 6) is 1.81. The van der Waals surface area contributed by atoms with Gasteiger partial charge in [0.05, 0.1) is 13.7 Å². The molecule has 6 nitrogen and oxygen atoms in total. The van der Waals surface area contributed by atoms with E-state index in [0.717, 1.165) is 43.7 Å². The summed E-state index contributed by atoms with van der Waals surface area (Å²) < 4.78 is 11.1. The van der Waals surface area contributed by atoms with Crippen LogP contribution in [0.5, 0.6) is 11.5 Å². The molecule has 2 aromatic rings. The minimum Gasteiger partial charge on any atom is -0.497 e. The van der Waals surface area contributed by atoms with Gasteiger partial charge in [-0.2, -0.15) is 0 Å². The van der Waals surface area contributed by atoms with Crippen molar-refractivity contribution in [3.63, 3.8) is 0 Å². The number of benzene rings is 2. The minimum absolute atomic E-state index is 0.0241. The summed E-state index contributed by atoms with van der Waals surface area (Å²) >= 11 is 0.